The number of nitrogens with zero attached hydrogens (tertiary/aromatic N) is 1. The Morgan fingerprint density at radius 1 is 1.41 bits per heavy atom. The number of carbonyl (C=O) groups is 1. The SMILES string of the molecule is Cc1ccc(C(CNC(=O)c2sccc2Br)N2CCCC2)o1. The van der Waals surface area contributed by atoms with Crippen LogP contribution in [0.25, 0.3) is 0 Å². The molecule has 1 amide bonds. The Hall–Kier alpha value is -1.11. The summed E-state index contributed by atoms with van der Waals surface area (Å²) >= 11 is 4.85. The summed E-state index contributed by atoms with van der Waals surface area (Å²) in [5.41, 5.74) is 0. The first kappa shape index (κ1) is 15.8. The number of nitrogens with one attached hydrogen (secondary N) is 1. The molecule has 1 aliphatic heterocycles. The highest BCUT2D eigenvalue weighted by Crippen LogP contribution is 2.27. The molecule has 0 spiro atoms. The van der Waals surface area contributed by atoms with Gasteiger partial charge in [0, 0.05) is 11.0 Å². The van der Waals surface area contributed by atoms with Crippen LogP contribution in [0.5, 0.6) is 0 Å². The van der Waals surface area contributed by atoms with E-state index in [4.69, 9.17) is 4.42 Å². The maximum atomic E-state index is 12.3. The molecule has 3 rings (SSSR count). The summed E-state index contributed by atoms with van der Waals surface area (Å²) < 4.78 is 6.65. The zero-order valence-electron chi connectivity index (χ0n) is 12.5. The van der Waals surface area contributed by atoms with E-state index in [1.165, 1.54) is 24.2 Å². The maximum absolute atomic E-state index is 12.3. The molecule has 2 aromatic heterocycles. The van der Waals surface area contributed by atoms with E-state index >= 15 is 0 Å². The van der Waals surface area contributed by atoms with Crippen molar-refractivity contribution < 1.29 is 9.21 Å². The first-order chi connectivity index (χ1) is 10.6. The molecule has 0 radical (unpaired) electrons. The molecule has 0 bridgehead atoms. The van der Waals surface area contributed by atoms with E-state index in [0.29, 0.717) is 6.54 Å². The van der Waals surface area contributed by atoms with Gasteiger partial charge in [-0.05, 0) is 72.4 Å². The predicted octanol–water partition coefficient (Wildman–Crippen LogP) is 3.98. The Balaban J connectivity index is 1.70. The van der Waals surface area contributed by atoms with Gasteiger partial charge < -0.3 is 9.73 Å². The third kappa shape index (κ3) is 3.45. The van der Waals surface area contributed by atoms with Crippen LogP contribution in [-0.4, -0.2) is 30.4 Å². The van der Waals surface area contributed by atoms with Crippen LogP contribution in [0.1, 0.15) is 40.1 Å². The van der Waals surface area contributed by atoms with Gasteiger partial charge in [-0.3, -0.25) is 9.69 Å². The lowest BCUT2D eigenvalue weighted by atomic mass is 10.2. The van der Waals surface area contributed by atoms with Gasteiger partial charge in [-0.1, -0.05) is 0 Å². The summed E-state index contributed by atoms with van der Waals surface area (Å²) in [5.74, 6) is 1.81. The minimum absolute atomic E-state index is 0.0330. The molecule has 118 valence electrons. The van der Waals surface area contributed by atoms with Crippen molar-refractivity contribution in [3.05, 3.63) is 44.4 Å². The van der Waals surface area contributed by atoms with E-state index < -0.39 is 0 Å². The Kier molecular flexibility index (Phi) is 5.00. The Morgan fingerprint density at radius 2 is 2.18 bits per heavy atom. The monoisotopic (exact) mass is 382 g/mol. The van der Waals surface area contributed by atoms with Crippen molar-refractivity contribution >= 4 is 33.2 Å². The number of rotatable bonds is 5. The topological polar surface area (TPSA) is 45.5 Å². The minimum atomic E-state index is -0.0330. The lowest BCUT2D eigenvalue weighted by Gasteiger charge is -2.26. The smallest absolute Gasteiger partial charge is 0.262 e. The Bertz CT molecular complexity index is 646. The fraction of sp³-hybridized carbons (Fsp3) is 0.438. The average molecular weight is 383 g/mol. The van der Waals surface area contributed by atoms with Crippen LogP contribution in [0.3, 0.4) is 0 Å². The number of amides is 1. The van der Waals surface area contributed by atoms with Gasteiger partial charge in [-0.15, -0.1) is 11.3 Å². The predicted molar refractivity (Wildman–Crippen MR) is 91.3 cm³/mol. The molecule has 1 N–H and O–H groups in total. The highest BCUT2D eigenvalue weighted by molar-refractivity contribution is 9.10. The summed E-state index contributed by atoms with van der Waals surface area (Å²) in [7, 11) is 0. The van der Waals surface area contributed by atoms with E-state index in [0.717, 1.165) is 34.0 Å². The van der Waals surface area contributed by atoms with E-state index in [9.17, 15) is 4.79 Å². The van der Waals surface area contributed by atoms with Gasteiger partial charge in [-0.2, -0.15) is 0 Å². The van der Waals surface area contributed by atoms with Crippen molar-refractivity contribution in [2.24, 2.45) is 0 Å². The van der Waals surface area contributed by atoms with Gasteiger partial charge in [0.25, 0.3) is 5.91 Å². The quantitative estimate of drug-likeness (QED) is 0.850. The standard InChI is InChI=1S/C16H19BrN2O2S/c1-11-4-5-14(21-11)13(19-7-2-3-8-19)10-18-16(20)15-12(17)6-9-22-15/h4-6,9,13H,2-3,7-8,10H2,1H3,(H,18,20). The summed E-state index contributed by atoms with van der Waals surface area (Å²) in [6.07, 6.45) is 2.42. The molecule has 0 saturated carbocycles. The van der Waals surface area contributed by atoms with Crippen LogP contribution in [0.15, 0.2) is 32.5 Å². The van der Waals surface area contributed by atoms with Gasteiger partial charge in [-0.25, -0.2) is 0 Å². The number of halogens is 1. The van der Waals surface area contributed by atoms with Crippen molar-refractivity contribution in [1.29, 1.82) is 0 Å². The van der Waals surface area contributed by atoms with Crippen LogP contribution in [-0.2, 0) is 0 Å². The molecule has 3 heterocycles. The number of carbonyl (C=O) groups excluding carboxylic acids is 1. The van der Waals surface area contributed by atoms with Gasteiger partial charge in [0.1, 0.15) is 16.4 Å². The van der Waals surface area contributed by atoms with E-state index in [1.54, 1.807) is 0 Å². The number of aryl methyl sites for hydroxylation is 1. The van der Waals surface area contributed by atoms with Gasteiger partial charge in [0.15, 0.2) is 0 Å². The minimum Gasteiger partial charge on any atom is -0.465 e. The molecule has 0 aliphatic carbocycles. The second kappa shape index (κ2) is 6.98. The van der Waals surface area contributed by atoms with Crippen molar-refractivity contribution in [2.75, 3.05) is 19.6 Å². The summed E-state index contributed by atoms with van der Waals surface area (Å²) in [6.45, 7) is 4.63. The number of likely N-dealkylation sites (tertiary alicyclic amines) is 1. The normalized spacial score (nSPS) is 16.8. The Morgan fingerprint density at radius 3 is 2.77 bits per heavy atom. The molecule has 6 heteroatoms. The first-order valence-corrected chi connectivity index (χ1v) is 9.14. The molecule has 0 aromatic carbocycles. The molecular formula is C16H19BrN2O2S. The second-order valence-electron chi connectivity index (χ2n) is 5.51. The van der Waals surface area contributed by atoms with Crippen molar-refractivity contribution in [3.63, 3.8) is 0 Å². The van der Waals surface area contributed by atoms with E-state index in [1.807, 2.05) is 30.5 Å². The molecule has 22 heavy (non-hydrogen) atoms. The Labute approximate surface area is 142 Å². The molecular weight excluding hydrogens is 364 g/mol. The lowest BCUT2D eigenvalue weighted by molar-refractivity contribution is 0.0937. The molecule has 1 atom stereocenters. The lowest BCUT2D eigenvalue weighted by Crippen LogP contribution is -2.36. The number of hydrogen-bond donors (Lipinski definition) is 1. The van der Waals surface area contributed by atoms with E-state index in [2.05, 4.69) is 26.1 Å². The van der Waals surface area contributed by atoms with Crippen molar-refractivity contribution in [1.82, 2.24) is 10.2 Å². The van der Waals surface area contributed by atoms with Crippen LogP contribution in [0.4, 0.5) is 0 Å². The third-order valence-electron chi connectivity index (χ3n) is 3.95. The highest BCUT2D eigenvalue weighted by Gasteiger charge is 2.26. The molecule has 1 fully saturated rings. The number of thiophene rings is 1. The van der Waals surface area contributed by atoms with Gasteiger partial charge in [0.2, 0.25) is 0 Å². The summed E-state index contributed by atoms with van der Waals surface area (Å²) in [4.78, 5) is 15.4. The fourth-order valence-electron chi connectivity index (χ4n) is 2.82. The van der Waals surface area contributed by atoms with E-state index in [-0.39, 0.29) is 11.9 Å². The van der Waals surface area contributed by atoms with Crippen molar-refractivity contribution in [3.8, 4) is 0 Å². The largest absolute Gasteiger partial charge is 0.465 e. The zero-order chi connectivity index (χ0) is 15.5. The van der Waals surface area contributed by atoms with Crippen LogP contribution in [0.2, 0.25) is 0 Å². The fourth-order valence-corrected chi connectivity index (χ4v) is 4.29. The average Bonchev–Trinajstić information content (AvgIpc) is 3.21. The van der Waals surface area contributed by atoms with Crippen LogP contribution < -0.4 is 5.32 Å². The highest BCUT2D eigenvalue weighted by atomic mass is 79.9. The molecule has 1 saturated heterocycles. The number of hydrogen-bond acceptors (Lipinski definition) is 4. The van der Waals surface area contributed by atoms with Crippen molar-refractivity contribution in [2.45, 2.75) is 25.8 Å². The first-order valence-electron chi connectivity index (χ1n) is 7.47. The number of furan rings is 1. The van der Waals surface area contributed by atoms with Crippen LogP contribution in [0, 0.1) is 6.92 Å². The molecule has 1 unspecified atom stereocenters. The maximum Gasteiger partial charge on any atom is 0.262 e. The van der Waals surface area contributed by atoms with Gasteiger partial charge in [0.05, 0.1) is 6.04 Å². The molecule has 1 aliphatic rings. The second-order valence-corrected chi connectivity index (χ2v) is 7.29. The zero-order valence-corrected chi connectivity index (χ0v) is 14.9. The summed E-state index contributed by atoms with van der Waals surface area (Å²) in [6, 6.07) is 6.01. The molecule has 2 aromatic rings. The third-order valence-corrected chi connectivity index (χ3v) is 5.79. The summed E-state index contributed by atoms with van der Waals surface area (Å²) in [5, 5.41) is 4.96. The van der Waals surface area contributed by atoms with Crippen LogP contribution >= 0.6 is 27.3 Å². The van der Waals surface area contributed by atoms with Gasteiger partial charge >= 0.3 is 0 Å². The molecule has 4 nitrogen and oxygen atoms in total.